The third-order valence-corrected chi connectivity index (χ3v) is 2.84. The van der Waals surface area contributed by atoms with Gasteiger partial charge in [-0.3, -0.25) is 4.79 Å². The van der Waals surface area contributed by atoms with E-state index in [0.717, 1.165) is 5.56 Å². The smallest absolute Gasteiger partial charge is 0.257 e. The zero-order valence-electron chi connectivity index (χ0n) is 11.4. The van der Waals surface area contributed by atoms with Crippen LogP contribution in [0.5, 0.6) is 5.88 Å². The van der Waals surface area contributed by atoms with Gasteiger partial charge < -0.3 is 10.1 Å². The summed E-state index contributed by atoms with van der Waals surface area (Å²) in [6.07, 6.45) is 1.56. The number of amides is 1. The van der Waals surface area contributed by atoms with E-state index >= 15 is 0 Å². The Hall–Kier alpha value is -2.51. The highest BCUT2D eigenvalue weighted by Crippen LogP contribution is 2.12. The molecule has 5 heteroatoms. The Morgan fingerprint density at radius 1 is 1.38 bits per heavy atom. The molecule has 21 heavy (non-hydrogen) atoms. The van der Waals surface area contributed by atoms with E-state index < -0.39 is 0 Å². The zero-order valence-corrected chi connectivity index (χ0v) is 12.1. The monoisotopic (exact) mass is 300 g/mol. The molecule has 106 valence electrons. The number of nitrogens with one attached hydrogen (secondary N) is 1. The number of halogens is 1. The van der Waals surface area contributed by atoms with E-state index in [1.54, 1.807) is 30.5 Å². The fourth-order valence-electron chi connectivity index (χ4n) is 1.66. The number of hydrogen-bond donors (Lipinski definition) is 1. The van der Waals surface area contributed by atoms with Crippen molar-refractivity contribution in [3.8, 4) is 17.7 Å². The van der Waals surface area contributed by atoms with Crippen molar-refractivity contribution >= 4 is 17.5 Å². The Balaban J connectivity index is 1.96. The van der Waals surface area contributed by atoms with E-state index in [1.807, 2.05) is 12.1 Å². The molecule has 0 aliphatic heterocycles. The number of hydrogen-bond acceptors (Lipinski definition) is 3. The van der Waals surface area contributed by atoms with Gasteiger partial charge >= 0.3 is 0 Å². The number of rotatable bonds is 3. The van der Waals surface area contributed by atoms with E-state index in [0.29, 0.717) is 10.6 Å². The summed E-state index contributed by atoms with van der Waals surface area (Å²) in [7, 11) is 1.47. The van der Waals surface area contributed by atoms with Crippen LogP contribution in [-0.2, 0) is 0 Å². The van der Waals surface area contributed by atoms with Gasteiger partial charge in [-0.25, -0.2) is 4.98 Å². The number of methoxy groups -OCH3 is 1. The molecule has 1 N–H and O–H groups in total. The van der Waals surface area contributed by atoms with Crippen LogP contribution in [0.2, 0.25) is 5.02 Å². The topological polar surface area (TPSA) is 51.2 Å². The minimum absolute atomic E-state index is 0.226. The third-order valence-electron chi connectivity index (χ3n) is 2.60. The number of benzene rings is 1. The van der Waals surface area contributed by atoms with Crippen molar-refractivity contribution < 1.29 is 9.53 Å². The number of carbonyl (C=O) groups excluding carboxylic acids is 1. The van der Waals surface area contributed by atoms with Gasteiger partial charge in [0.1, 0.15) is 5.56 Å². The Morgan fingerprint density at radius 2 is 2.24 bits per heavy atom. The first-order valence-electron chi connectivity index (χ1n) is 6.22. The van der Waals surface area contributed by atoms with Crippen molar-refractivity contribution in [1.82, 2.24) is 10.3 Å². The first-order chi connectivity index (χ1) is 10.2. The number of aromatic nitrogens is 1. The maximum absolute atomic E-state index is 12.0. The second-order valence-electron chi connectivity index (χ2n) is 4.06. The molecule has 0 radical (unpaired) electrons. The Morgan fingerprint density at radius 3 is 3.00 bits per heavy atom. The standard InChI is InChI=1S/C16H13ClN2O2/c1-21-16-14(8-4-10-19-16)15(20)18-9-3-6-12-5-2-7-13(17)11-12/h2,4-5,7-8,10-11H,9H2,1H3,(H,18,20). The molecule has 0 aliphatic rings. The molecule has 0 saturated heterocycles. The molecule has 2 rings (SSSR count). The molecular formula is C16H13ClN2O2. The van der Waals surface area contributed by atoms with Crippen LogP contribution in [0, 0.1) is 11.8 Å². The van der Waals surface area contributed by atoms with Gasteiger partial charge in [0.2, 0.25) is 5.88 Å². The summed E-state index contributed by atoms with van der Waals surface area (Å²) in [5.41, 5.74) is 1.18. The van der Waals surface area contributed by atoms with Gasteiger partial charge in [0.15, 0.2) is 0 Å². The molecule has 0 unspecified atom stereocenters. The van der Waals surface area contributed by atoms with Crippen molar-refractivity contribution in [1.29, 1.82) is 0 Å². The van der Waals surface area contributed by atoms with Crippen LogP contribution in [-0.4, -0.2) is 24.5 Å². The third kappa shape index (κ3) is 4.23. The largest absolute Gasteiger partial charge is 0.480 e. The Kier molecular flexibility index (Phi) is 5.19. The lowest BCUT2D eigenvalue weighted by Gasteiger charge is -2.05. The fourth-order valence-corrected chi connectivity index (χ4v) is 1.85. The first kappa shape index (κ1) is 14.9. The van der Waals surface area contributed by atoms with E-state index in [4.69, 9.17) is 16.3 Å². The molecule has 1 aromatic heterocycles. The first-order valence-corrected chi connectivity index (χ1v) is 6.60. The molecule has 4 nitrogen and oxygen atoms in total. The SMILES string of the molecule is COc1ncccc1C(=O)NCC#Cc1cccc(Cl)c1. The summed E-state index contributed by atoms with van der Waals surface area (Å²) in [6.45, 7) is 0.226. The molecule has 0 spiro atoms. The maximum atomic E-state index is 12.0. The van der Waals surface area contributed by atoms with Crippen LogP contribution >= 0.6 is 11.6 Å². The van der Waals surface area contributed by atoms with E-state index in [-0.39, 0.29) is 18.3 Å². The maximum Gasteiger partial charge on any atom is 0.257 e. The number of nitrogens with zero attached hydrogens (tertiary/aromatic N) is 1. The Bertz CT molecular complexity index is 705. The van der Waals surface area contributed by atoms with Crippen LogP contribution in [0.3, 0.4) is 0 Å². The van der Waals surface area contributed by atoms with Crippen LogP contribution in [0.4, 0.5) is 0 Å². The molecule has 1 amide bonds. The lowest BCUT2D eigenvalue weighted by Crippen LogP contribution is -2.24. The average molecular weight is 301 g/mol. The van der Waals surface area contributed by atoms with E-state index in [9.17, 15) is 4.79 Å². The van der Waals surface area contributed by atoms with Crippen molar-refractivity contribution in [3.63, 3.8) is 0 Å². The highest BCUT2D eigenvalue weighted by Gasteiger charge is 2.11. The predicted molar refractivity (Wildman–Crippen MR) is 81.5 cm³/mol. The summed E-state index contributed by atoms with van der Waals surface area (Å²) in [5, 5.41) is 3.32. The van der Waals surface area contributed by atoms with Gasteiger partial charge in [-0.05, 0) is 30.3 Å². The number of pyridine rings is 1. The molecule has 0 aliphatic carbocycles. The van der Waals surface area contributed by atoms with Crippen molar-refractivity contribution in [3.05, 3.63) is 58.7 Å². The molecule has 0 saturated carbocycles. The minimum atomic E-state index is -0.277. The van der Waals surface area contributed by atoms with Crippen molar-refractivity contribution in [2.75, 3.05) is 13.7 Å². The van der Waals surface area contributed by atoms with Crippen molar-refractivity contribution in [2.45, 2.75) is 0 Å². The fraction of sp³-hybridized carbons (Fsp3) is 0.125. The second kappa shape index (κ2) is 7.32. The molecule has 0 fully saturated rings. The quantitative estimate of drug-likeness (QED) is 0.886. The van der Waals surface area contributed by atoms with Gasteiger partial charge in [0, 0.05) is 16.8 Å². The molecule has 0 atom stereocenters. The van der Waals surface area contributed by atoms with Gasteiger partial charge in [-0.15, -0.1) is 0 Å². The molecule has 1 heterocycles. The summed E-state index contributed by atoms with van der Waals surface area (Å²) in [6, 6.07) is 10.5. The van der Waals surface area contributed by atoms with Crippen molar-refractivity contribution in [2.24, 2.45) is 0 Å². The highest BCUT2D eigenvalue weighted by atomic mass is 35.5. The number of carbonyl (C=O) groups is 1. The van der Waals surface area contributed by atoms with E-state index in [2.05, 4.69) is 22.1 Å². The number of ether oxygens (including phenoxy) is 1. The molecule has 2 aromatic rings. The Labute approximate surface area is 128 Å². The minimum Gasteiger partial charge on any atom is -0.480 e. The highest BCUT2D eigenvalue weighted by molar-refractivity contribution is 6.30. The van der Waals surface area contributed by atoms with Crippen LogP contribution < -0.4 is 10.1 Å². The van der Waals surface area contributed by atoms with Gasteiger partial charge in [-0.1, -0.05) is 29.5 Å². The lowest BCUT2D eigenvalue weighted by molar-refractivity contribution is 0.0955. The second-order valence-corrected chi connectivity index (χ2v) is 4.49. The van der Waals surface area contributed by atoms with Crippen LogP contribution in [0.25, 0.3) is 0 Å². The van der Waals surface area contributed by atoms with Crippen LogP contribution in [0.15, 0.2) is 42.6 Å². The summed E-state index contributed by atoms with van der Waals surface area (Å²) >= 11 is 5.86. The summed E-state index contributed by atoms with van der Waals surface area (Å²) < 4.78 is 5.03. The zero-order chi connectivity index (χ0) is 15.1. The average Bonchev–Trinajstić information content (AvgIpc) is 2.51. The lowest BCUT2D eigenvalue weighted by atomic mass is 10.2. The normalized spacial score (nSPS) is 9.43. The van der Waals surface area contributed by atoms with Gasteiger partial charge in [-0.2, -0.15) is 0 Å². The molecule has 0 bridgehead atoms. The van der Waals surface area contributed by atoms with Crippen LogP contribution in [0.1, 0.15) is 15.9 Å². The molecular weight excluding hydrogens is 288 g/mol. The molecule has 1 aromatic carbocycles. The van der Waals surface area contributed by atoms with E-state index in [1.165, 1.54) is 7.11 Å². The van der Waals surface area contributed by atoms with Gasteiger partial charge in [0.05, 0.1) is 13.7 Å². The van der Waals surface area contributed by atoms with Gasteiger partial charge in [0.25, 0.3) is 5.91 Å². The summed E-state index contributed by atoms with van der Waals surface area (Å²) in [5.74, 6) is 5.80. The predicted octanol–water partition coefficient (Wildman–Crippen LogP) is 2.53. The summed E-state index contributed by atoms with van der Waals surface area (Å²) in [4.78, 5) is 15.9.